The Kier molecular flexibility index (Phi) is 6.65. The molecule has 1 N–H and O–H groups in total. The number of nitro benzene ring substituents is 1. The lowest BCUT2D eigenvalue weighted by molar-refractivity contribution is -0.384. The van der Waals surface area contributed by atoms with E-state index in [1.807, 2.05) is 0 Å². The average molecular weight is 339 g/mol. The third kappa shape index (κ3) is 4.93. The van der Waals surface area contributed by atoms with Gasteiger partial charge in [0.1, 0.15) is 11.3 Å². The molecule has 0 spiro atoms. The summed E-state index contributed by atoms with van der Waals surface area (Å²) in [5, 5.41) is 13.1. The van der Waals surface area contributed by atoms with E-state index < -0.39 is 23.4 Å². The van der Waals surface area contributed by atoms with Crippen LogP contribution in [-0.2, 0) is 14.3 Å². The number of hydrogen-bond donors (Lipinski definition) is 1. The molecule has 0 bridgehead atoms. The van der Waals surface area contributed by atoms with Crippen LogP contribution in [0.5, 0.6) is 5.75 Å². The summed E-state index contributed by atoms with van der Waals surface area (Å²) in [6.45, 7) is -0.800. The number of carbonyl (C=O) groups excluding carboxylic acids is 3. The van der Waals surface area contributed by atoms with E-state index in [0.717, 1.165) is 11.0 Å². The van der Waals surface area contributed by atoms with Gasteiger partial charge in [-0.1, -0.05) is 0 Å². The van der Waals surface area contributed by atoms with Crippen LogP contribution in [-0.4, -0.2) is 62.0 Å². The zero-order valence-corrected chi connectivity index (χ0v) is 13.4. The number of benzene rings is 1. The minimum atomic E-state index is -0.947. The standard InChI is InChI=1S/C14H17N3O7/c1-15-12(18)7-16(2)13(19)8-24-14(20)10-6-9(17(21)22)4-5-11(10)23-3/h4-6H,7-8H2,1-3H3,(H,15,18). The van der Waals surface area contributed by atoms with E-state index in [-0.39, 0.29) is 29.5 Å². The van der Waals surface area contributed by atoms with Crippen LogP contribution >= 0.6 is 0 Å². The van der Waals surface area contributed by atoms with Crippen LogP contribution < -0.4 is 10.1 Å². The van der Waals surface area contributed by atoms with Gasteiger partial charge in [0.2, 0.25) is 5.91 Å². The van der Waals surface area contributed by atoms with Crippen molar-refractivity contribution in [2.24, 2.45) is 0 Å². The van der Waals surface area contributed by atoms with Crippen molar-refractivity contribution in [2.45, 2.75) is 0 Å². The van der Waals surface area contributed by atoms with E-state index in [2.05, 4.69) is 5.32 Å². The van der Waals surface area contributed by atoms with Gasteiger partial charge in [-0.05, 0) is 6.07 Å². The third-order valence-corrected chi connectivity index (χ3v) is 3.03. The predicted molar refractivity (Wildman–Crippen MR) is 81.6 cm³/mol. The number of nitro groups is 1. The normalized spacial score (nSPS) is 9.79. The number of ether oxygens (including phenoxy) is 2. The maximum atomic E-state index is 12.0. The summed E-state index contributed by atoms with van der Waals surface area (Å²) in [7, 11) is 4.09. The number of methoxy groups -OCH3 is 1. The first kappa shape index (κ1) is 18.9. The van der Waals surface area contributed by atoms with Gasteiger partial charge in [-0.2, -0.15) is 0 Å². The van der Waals surface area contributed by atoms with Gasteiger partial charge in [-0.25, -0.2) is 4.79 Å². The summed E-state index contributed by atoms with van der Waals surface area (Å²) in [6.07, 6.45) is 0. The molecule has 130 valence electrons. The Morgan fingerprint density at radius 3 is 2.54 bits per heavy atom. The first-order chi connectivity index (χ1) is 11.3. The number of nitrogens with one attached hydrogen (secondary N) is 1. The van der Waals surface area contributed by atoms with Crippen molar-refractivity contribution in [1.29, 1.82) is 0 Å². The quantitative estimate of drug-likeness (QED) is 0.419. The molecule has 24 heavy (non-hydrogen) atoms. The van der Waals surface area contributed by atoms with Crippen molar-refractivity contribution in [3.8, 4) is 5.75 Å². The molecule has 1 rings (SSSR count). The molecule has 0 radical (unpaired) electrons. The lowest BCUT2D eigenvalue weighted by Gasteiger charge is -2.16. The van der Waals surface area contributed by atoms with Gasteiger partial charge < -0.3 is 19.7 Å². The fourth-order valence-electron chi connectivity index (χ4n) is 1.67. The first-order valence-electron chi connectivity index (χ1n) is 6.74. The molecule has 1 aromatic carbocycles. The molecular weight excluding hydrogens is 322 g/mol. The molecule has 0 atom stereocenters. The monoisotopic (exact) mass is 339 g/mol. The van der Waals surface area contributed by atoms with Crippen molar-refractivity contribution in [1.82, 2.24) is 10.2 Å². The summed E-state index contributed by atoms with van der Waals surface area (Å²) in [5.41, 5.74) is -0.487. The van der Waals surface area contributed by atoms with Gasteiger partial charge in [-0.15, -0.1) is 0 Å². The molecule has 10 heteroatoms. The molecular formula is C14H17N3O7. The van der Waals surface area contributed by atoms with Crippen LogP contribution in [0.2, 0.25) is 0 Å². The highest BCUT2D eigenvalue weighted by Crippen LogP contribution is 2.24. The lowest BCUT2D eigenvalue weighted by atomic mass is 10.2. The van der Waals surface area contributed by atoms with E-state index in [1.165, 1.54) is 33.3 Å². The number of hydrogen-bond acceptors (Lipinski definition) is 7. The molecule has 0 unspecified atom stereocenters. The van der Waals surface area contributed by atoms with Crippen molar-refractivity contribution in [2.75, 3.05) is 34.4 Å². The smallest absolute Gasteiger partial charge is 0.342 e. The predicted octanol–water partition coefficient (Wildman–Crippen LogP) is -0.0354. The molecule has 0 aliphatic heterocycles. The molecule has 1 aromatic rings. The maximum absolute atomic E-state index is 12.0. The number of nitrogens with zero attached hydrogens (tertiary/aromatic N) is 2. The Hall–Kier alpha value is -3.17. The molecule has 0 fully saturated rings. The highest BCUT2D eigenvalue weighted by molar-refractivity contribution is 5.95. The van der Waals surface area contributed by atoms with Crippen molar-refractivity contribution in [3.63, 3.8) is 0 Å². The van der Waals surface area contributed by atoms with Crippen LogP contribution in [0.25, 0.3) is 0 Å². The Balaban J connectivity index is 2.77. The molecule has 0 aliphatic rings. The van der Waals surface area contributed by atoms with E-state index in [9.17, 15) is 24.5 Å². The summed E-state index contributed by atoms with van der Waals surface area (Å²) >= 11 is 0. The Bertz CT molecular complexity index is 660. The molecule has 10 nitrogen and oxygen atoms in total. The average Bonchev–Trinajstić information content (AvgIpc) is 2.58. The number of likely N-dealkylation sites (N-methyl/N-ethyl adjacent to an activating group) is 2. The van der Waals surface area contributed by atoms with Crippen molar-refractivity contribution in [3.05, 3.63) is 33.9 Å². The summed E-state index contributed by atoms with van der Waals surface area (Å²) < 4.78 is 9.79. The van der Waals surface area contributed by atoms with E-state index in [1.54, 1.807) is 0 Å². The summed E-state index contributed by atoms with van der Waals surface area (Å²) in [4.78, 5) is 46.2. The van der Waals surface area contributed by atoms with Crippen LogP contribution in [0.15, 0.2) is 18.2 Å². The van der Waals surface area contributed by atoms with Crippen LogP contribution in [0.1, 0.15) is 10.4 Å². The van der Waals surface area contributed by atoms with Crippen LogP contribution in [0.3, 0.4) is 0 Å². The maximum Gasteiger partial charge on any atom is 0.342 e. The second kappa shape index (κ2) is 8.46. The van der Waals surface area contributed by atoms with Gasteiger partial charge in [0, 0.05) is 26.2 Å². The topological polar surface area (TPSA) is 128 Å². The minimum absolute atomic E-state index is 0.0803. The van der Waals surface area contributed by atoms with E-state index in [4.69, 9.17) is 9.47 Å². The first-order valence-corrected chi connectivity index (χ1v) is 6.74. The molecule has 0 aromatic heterocycles. The van der Waals surface area contributed by atoms with Crippen molar-refractivity contribution >= 4 is 23.5 Å². The third-order valence-electron chi connectivity index (χ3n) is 3.03. The summed E-state index contributed by atoms with van der Waals surface area (Å²) in [6, 6.07) is 3.44. The number of rotatable bonds is 7. The highest BCUT2D eigenvalue weighted by Gasteiger charge is 2.21. The SMILES string of the molecule is CNC(=O)CN(C)C(=O)COC(=O)c1cc([N+](=O)[O-])ccc1OC. The van der Waals surface area contributed by atoms with Crippen molar-refractivity contribution < 1.29 is 28.8 Å². The number of non-ortho nitro benzene ring substituents is 1. The Morgan fingerprint density at radius 1 is 1.33 bits per heavy atom. The highest BCUT2D eigenvalue weighted by atomic mass is 16.6. The van der Waals surface area contributed by atoms with Gasteiger partial charge in [0.25, 0.3) is 11.6 Å². The molecule has 0 heterocycles. The number of amides is 2. The van der Waals surface area contributed by atoms with Gasteiger partial charge in [-0.3, -0.25) is 19.7 Å². The van der Waals surface area contributed by atoms with Crippen LogP contribution in [0.4, 0.5) is 5.69 Å². The lowest BCUT2D eigenvalue weighted by Crippen LogP contribution is -2.39. The molecule has 0 saturated heterocycles. The Labute approximate surface area is 137 Å². The van der Waals surface area contributed by atoms with Gasteiger partial charge in [0.15, 0.2) is 6.61 Å². The molecule has 0 aliphatic carbocycles. The fraction of sp³-hybridized carbons (Fsp3) is 0.357. The van der Waals surface area contributed by atoms with E-state index >= 15 is 0 Å². The zero-order chi connectivity index (χ0) is 18.3. The van der Waals surface area contributed by atoms with Crippen LogP contribution in [0, 0.1) is 10.1 Å². The zero-order valence-electron chi connectivity index (χ0n) is 13.4. The fourth-order valence-corrected chi connectivity index (χ4v) is 1.67. The van der Waals surface area contributed by atoms with Gasteiger partial charge >= 0.3 is 5.97 Å². The number of carbonyl (C=O) groups is 3. The second-order valence-corrected chi connectivity index (χ2v) is 4.64. The largest absolute Gasteiger partial charge is 0.496 e. The summed E-state index contributed by atoms with van der Waals surface area (Å²) in [5.74, 6) is -1.84. The van der Waals surface area contributed by atoms with E-state index in [0.29, 0.717) is 0 Å². The molecule has 2 amide bonds. The minimum Gasteiger partial charge on any atom is -0.496 e. The molecule has 0 saturated carbocycles. The second-order valence-electron chi connectivity index (χ2n) is 4.64. The Morgan fingerprint density at radius 2 is 2.00 bits per heavy atom. The van der Waals surface area contributed by atoms with Gasteiger partial charge in [0.05, 0.1) is 18.6 Å². The number of esters is 1.